The van der Waals surface area contributed by atoms with E-state index in [-0.39, 0.29) is 46.9 Å². The number of amides is 3. The second-order valence-electron chi connectivity index (χ2n) is 8.92. The van der Waals surface area contributed by atoms with E-state index in [1.165, 1.54) is 22.5 Å². The minimum atomic E-state index is -3.72. The summed E-state index contributed by atoms with van der Waals surface area (Å²) in [5.41, 5.74) is 0.764. The SMILES string of the molecule is CC(C)Oc1ccc(S(=O)(=O)N2CCCCC2)cc1NC(=O)c1cccc(N2C(=O)CCC2=O)c1. The highest BCUT2D eigenvalue weighted by Gasteiger charge is 2.31. The van der Waals surface area contributed by atoms with Crippen LogP contribution in [0.3, 0.4) is 0 Å². The fourth-order valence-electron chi connectivity index (χ4n) is 4.22. The molecule has 2 aromatic rings. The standard InChI is InChI=1S/C25H29N3O6S/c1-17(2)34-22-10-9-20(35(32,33)27-13-4-3-5-14-27)16-21(22)26-25(31)18-7-6-8-19(15-18)28-23(29)11-12-24(28)30/h6-10,15-17H,3-5,11-14H2,1-2H3,(H,26,31). The number of hydrogen-bond acceptors (Lipinski definition) is 6. The molecule has 2 saturated heterocycles. The molecular formula is C25H29N3O6S. The van der Waals surface area contributed by atoms with Gasteiger partial charge in [0.15, 0.2) is 0 Å². The lowest BCUT2D eigenvalue weighted by Gasteiger charge is -2.26. The van der Waals surface area contributed by atoms with E-state index < -0.39 is 15.9 Å². The number of anilines is 2. The molecule has 2 fully saturated rings. The summed E-state index contributed by atoms with van der Waals surface area (Å²) in [6.07, 6.45) is 2.71. The molecule has 0 saturated carbocycles. The molecule has 186 valence electrons. The van der Waals surface area contributed by atoms with E-state index >= 15 is 0 Å². The minimum absolute atomic E-state index is 0.0767. The van der Waals surface area contributed by atoms with Crippen molar-refractivity contribution in [2.75, 3.05) is 23.3 Å². The maximum absolute atomic E-state index is 13.2. The van der Waals surface area contributed by atoms with Crippen molar-refractivity contribution in [3.8, 4) is 5.75 Å². The predicted molar refractivity (Wildman–Crippen MR) is 131 cm³/mol. The molecule has 2 aliphatic rings. The van der Waals surface area contributed by atoms with Gasteiger partial charge in [0.25, 0.3) is 5.91 Å². The summed E-state index contributed by atoms with van der Waals surface area (Å²) in [6.45, 7) is 4.60. The third kappa shape index (κ3) is 5.38. The zero-order valence-corrected chi connectivity index (χ0v) is 20.6. The van der Waals surface area contributed by atoms with Gasteiger partial charge in [0, 0.05) is 31.5 Å². The summed E-state index contributed by atoms with van der Waals surface area (Å²) in [5.74, 6) is -0.800. The highest BCUT2D eigenvalue weighted by molar-refractivity contribution is 7.89. The first kappa shape index (κ1) is 24.9. The molecule has 3 amide bonds. The molecule has 0 atom stereocenters. The number of imide groups is 1. The van der Waals surface area contributed by atoms with Gasteiger partial charge in [0.05, 0.1) is 22.4 Å². The Kier molecular flexibility index (Phi) is 7.23. The Morgan fingerprint density at radius 3 is 2.31 bits per heavy atom. The third-order valence-corrected chi connectivity index (χ3v) is 7.83. The van der Waals surface area contributed by atoms with Crippen LogP contribution in [0.15, 0.2) is 47.4 Å². The van der Waals surface area contributed by atoms with E-state index in [4.69, 9.17) is 4.74 Å². The topological polar surface area (TPSA) is 113 Å². The van der Waals surface area contributed by atoms with Crippen LogP contribution in [0.1, 0.15) is 56.3 Å². The van der Waals surface area contributed by atoms with Crippen LogP contribution in [0, 0.1) is 0 Å². The molecule has 0 unspecified atom stereocenters. The van der Waals surface area contributed by atoms with Crippen LogP contribution in [0.4, 0.5) is 11.4 Å². The highest BCUT2D eigenvalue weighted by Crippen LogP contribution is 2.32. The molecule has 0 bridgehead atoms. The molecule has 0 aromatic heterocycles. The predicted octanol–water partition coefficient (Wildman–Crippen LogP) is 3.55. The first-order chi connectivity index (χ1) is 16.7. The summed E-state index contributed by atoms with van der Waals surface area (Å²) in [4.78, 5) is 38.5. The fraction of sp³-hybridized carbons (Fsp3) is 0.400. The second kappa shape index (κ2) is 10.2. The van der Waals surface area contributed by atoms with E-state index in [1.54, 1.807) is 24.3 Å². The van der Waals surface area contributed by atoms with Crippen LogP contribution in [-0.2, 0) is 19.6 Å². The number of carbonyl (C=O) groups excluding carboxylic acids is 3. The normalized spacial score (nSPS) is 17.2. The molecule has 35 heavy (non-hydrogen) atoms. The third-order valence-electron chi connectivity index (χ3n) is 5.93. The van der Waals surface area contributed by atoms with Crippen molar-refractivity contribution in [3.63, 3.8) is 0 Å². The van der Waals surface area contributed by atoms with Crippen molar-refractivity contribution in [1.82, 2.24) is 4.31 Å². The van der Waals surface area contributed by atoms with Gasteiger partial charge < -0.3 is 10.1 Å². The van der Waals surface area contributed by atoms with Crippen molar-refractivity contribution >= 4 is 39.1 Å². The molecule has 0 aliphatic carbocycles. The molecule has 10 heteroatoms. The molecule has 9 nitrogen and oxygen atoms in total. The van der Waals surface area contributed by atoms with Gasteiger partial charge in [-0.15, -0.1) is 0 Å². The van der Waals surface area contributed by atoms with Crippen molar-refractivity contribution in [1.29, 1.82) is 0 Å². The Morgan fingerprint density at radius 1 is 0.971 bits per heavy atom. The van der Waals surface area contributed by atoms with Gasteiger partial charge in [-0.05, 0) is 63.1 Å². The van der Waals surface area contributed by atoms with E-state index in [1.807, 2.05) is 13.8 Å². The number of nitrogens with zero attached hydrogens (tertiary/aromatic N) is 2. The molecule has 2 aliphatic heterocycles. The number of sulfonamides is 1. The van der Waals surface area contributed by atoms with Crippen LogP contribution in [0.25, 0.3) is 0 Å². The minimum Gasteiger partial charge on any atom is -0.489 e. The maximum atomic E-state index is 13.2. The Balaban J connectivity index is 1.64. The number of benzene rings is 2. The molecule has 1 N–H and O–H groups in total. The van der Waals surface area contributed by atoms with Crippen molar-refractivity contribution in [3.05, 3.63) is 48.0 Å². The quantitative estimate of drug-likeness (QED) is 0.583. The lowest BCUT2D eigenvalue weighted by atomic mass is 10.1. The first-order valence-corrected chi connectivity index (χ1v) is 13.2. The number of carbonyl (C=O) groups is 3. The Bertz CT molecular complexity index is 1240. The van der Waals surface area contributed by atoms with E-state index in [9.17, 15) is 22.8 Å². The van der Waals surface area contributed by atoms with E-state index in [2.05, 4.69) is 5.32 Å². The van der Waals surface area contributed by atoms with E-state index in [0.717, 1.165) is 24.2 Å². The Morgan fingerprint density at radius 2 is 1.66 bits per heavy atom. The number of hydrogen-bond donors (Lipinski definition) is 1. The van der Waals surface area contributed by atoms with Crippen LogP contribution in [-0.4, -0.2) is 49.6 Å². The summed E-state index contributed by atoms with van der Waals surface area (Å²) in [6, 6.07) is 10.7. The zero-order chi connectivity index (χ0) is 25.2. The van der Waals surface area contributed by atoms with Gasteiger partial charge >= 0.3 is 0 Å². The van der Waals surface area contributed by atoms with Crippen LogP contribution in [0.2, 0.25) is 0 Å². The van der Waals surface area contributed by atoms with Crippen LogP contribution in [0.5, 0.6) is 5.75 Å². The van der Waals surface area contributed by atoms with Gasteiger partial charge in [0.1, 0.15) is 5.75 Å². The fourth-order valence-corrected chi connectivity index (χ4v) is 5.77. The average molecular weight is 500 g/mol. The Hall–Kier alpha value is -3.24. The number of ether oxygens (including phenoxy) is 1. The second-order valence-corrected chi connectivity index (χ2v) is 10.9. The summed E-state index contributed by atoms with van der Waals surface area (Å²) >= 11 is 0. The maximum Gasteiger partial charge on any atom is 0.255 e. The first-order valence-electron chi connectivity index (χ1n) is 11.7. The zero-order valence-electron chi connectivity index (χ0n) is 19.8. The largest absolute Gasteiger partial charge is 0.489 e. The highest BCUT2D eigenvalue weighted by atomic mass is 32.2. The smallest absolute Gasteiger partial charge is 0.255 e. The van der Waals surface area contributed by atoms with Crippen LogP contribution < -0.4 is 15.0 Å². The number of piperidine rings is 1. The van der Waals surface area contributed by atoms with E-state index in [0.29, 0.717) is 24.5 Å². The van der Waals surface area contributed by atoms with Gasteiger partial charge in [-0.3, -0.25) is 19.3 Å². The number of rotatable bonds is 7. The molecule has 4 rings (SSSR count). The monoisotopic (exact) mass is 499 g/mol. The van der Waals surface area contributed by atoms with Gasteiger partial charge in [-0.25, -0.2) is 8.42 Å². The van der Waals surface area contributed by atoms with Crippen molar-refractivity contribution in [2.45, 2.75) is 57.0 Å². The molecule has 0 radical (unpaired) electrons. The summed E-state index contributed by atoms with van der Waals surface area (Å²) in [7, 11) is -3.72. The summed E-state index contributed by atoms with van der Waals surface area (Å²) < 4.78 is 33.6. The van der Waals surface area contributed by atoms with Crippen molar-refractivity contribution < 1.29 is 27.5 Å². The molecule has 2 aromatic carbocycles. The Labute approximate surface area is 205 Å². The molecular weight excluding hydrogens is 470 g/mol. The average Bonchev–Trinajstić information content (AvgIpc) is 3.18. The van der Waals surface area contributed by atoms with Gasteiger partial charge in [-0.1, -0.05) is 12.5 Å². The van der Waals surface area contributed by atoms with Gasteiger partial charge in [-0.2, -0.15) is 4.31 Å². The number of nitrogens with one attached hydrogen (secondary N) is 1. The lowest BCUT2D eigenvalue weighted by Crippen LogP contribution is -2.35. The van der Waals surface area contributed by atoms with Crippen molar-refractivity contribution in [2.24, 2.45) is 0 Å². The van der Waals surface area contributed by atoms with Crippen LogP contribution >= 0.6 is 0 Å². The summed E-state index contributed by atoms with van der Waals surface area (Å²) in [5, 5.41) is 2.75. The van der Waals surface area contributed by atoms with Gasteiger partial charge in [0.2, 0.25) is 21.8 Å². The lowest BCUT2D eigenvalue weighted by molar-refractivity contribution is -0.121. The molecule has 2 heterocycles. The molecule has 0 spiro atoms.